The second-order valence-electron chi connectivity index (χ2n) is 3.96. The monoisotopic (exact) mass is 191 g/mol. The largest absolute Gasteiger partial charge is 0.343 e. The van der Waals surface area contributed by atoms with Crippen molar-refractivity contribution >= 4 is 0 Å². The number of benzene rings is 1. The van der Waals surface area contributed by atoms with Crippen LogP contribution >= 0.6 is 0 Å². The van der Waals surface area contributed by atoms with Crippen molar-refractivity contribution in [3.8, 4) is 0 Å². The molecule has 3 nitrogen and oxygen atoms in total. The number of ether oxygens (including phenoxy) is 2. The smallest absolute Gasteiger partial charge is 0.150 e. The van der Waals surface area contributed by atoms with Crippen LogP contribution in [0.1, 0.15) is 23.7 Å². The van der Waals surface area contributed by atoms with Gasteiger partial charge in [-0.2, -0.15) is 0 Å². The summed E-state index contributed by atoms with van der Waals surface area (Å²) in [7, 11) is 0. The molecule has 2 N–H and O–H groups in total. The molecule has 0 amide bonds. The standard InChI is InChI=1S/C11H13NO2/c12-11-6-5-8-3-1-2-4-9(8)10(11)13-7-14-11/h1-4,10H,5-7,12H2. The van der Waals surface area contributed by atoms with Gasteiger partial charge in [-0.1, -0.05) is 24.3 Å². The predicted molar refractivity (Wildman–Crippen MR) is 51.5 cm³/mol. The molecular weight excluding hydrogens is 178 g/mol. The summed E-state index contributed by atoms with van der Waals surface area (Å²) < 4.78 is 11.0. The van der Waals surface area contributed by atoms with Crippen molar-refractivity contribution in [2.24, 2.45) is 5.73 Å². The molecule has 74 valence electrons. The maximum atomic E-state index is 6.13. The molecule has 14 heavy (non-hydrogen) atoms. The molecule has 1 heterocycles. The molecule has 1 saturated heterocycles. The Kier molecular flexibility index (Phi) is 1.68. The van der Waals surface area contributed by atoms with Gasteiger partial charge in [0, 0.05) is 0 Å². The minimum Gasteiger partial charge on any atom is -0.343 e. The number of fused-ring (bicyclic) bond motifs is 3. The fourth-order valence-corrected chi connectivity index (χ4v) is 2.33. The summed E-state index contributed by atoms with van der Waals surface area (Å²) in [6, 6.07) is 8.29. The number of rotatable bonds is 0. The van der Waals surface area contributed by atoms with Crippen molar-refractivity contribution in [1.82, 2.24) is 0 Å². The van der Waals surface area contributed by atoms with E-state index in [1.807, 2.05) is 6.07 Å². The SMILES string of the molecule is NC12CCc3ccccc3C1OCO2. The molecule has 0 spiro atoms. The van der Waals surface area contributed by atoms with E-state index in [1.54, 1.807) is 0 Å². The van der Waals surface area contributed by atoms with Crippen LogP contribution in [0.5, 0.6) is 0 Å². The van der Waals surface area contributed by atoms with Crippen LogP contribution in [-0.4, -0.2) is 12.5 Å². The van der Waals surface area contributed by atoms with Gasteiger partial charge in [-0.25, -0.2) is 0 Å². The van der Waals surface area contributed by atoms with Crippen LogP contribution in [0.3, 0.4) is 0 Å². The third-order valence-electron chi connectivity index (χ3n) is 3.13. The highest BCUT2D eigenvalue weighted by Crippen LogP contribution is 2.42. The summed E-state index contributed by atoms with van der Waals surface area (Å²) in [5, 5.41) is 0. The molecule has 1 fully saturated rings. The van der Waals surface area contributed by atoms with Gasteiger partial charge in [0.1, 0.15) is 12.9 Å². The first-order chi connectivity index (χ1) is 6.80. The molecule has 2 aliphatic rings. The molecule has 3 heteroatoms. The highest BCUT2D eigenvalue weighted by atomic mass is 16.7. The summed E-state index contributed by atoms with van der Waals surface area (Å²) in [6.45, 7) is 0.315. The van der Waals surface area contributed by atoms with Crippen molar-refractivity contribution < 1.29 is 9.47 Å². The molecule has 1 aromatic carbocycles. The number of nitrogens with two attached hydrogens (primary N) is 1. The van der Waals surface area contributed by atoms with E-state index >= 15 is 0 Å². The molecule has 0 radical (unpaired) electrons. The molecule has 2 unspecified atom stereocenters. The third-order valence-corrected chi connectivity index (χ3v) is 3.13. The van der Waals surface area contributed by atoms with Crippen molar-refractivity contribution in [3.05, 3.63) is 35.4 Å². The van der Waals surface area contributed by atoms with Crippen molar-refractivity contribution in [2.45, 2.75) is 24.7 Å². The van der Waals surface area contributed by atoms with Crippen LogP contribution in [0.25, 0.3) is 0 Å². The molecule has 0 bridgehead atoms. The lowest BCUT2D eigenvalue weighted by Crippen LogP contribution is -2.47. The van der Waals surface area contributed by atoms with E-state index in [-0.39, 0.29) is 6.10 Å². The number of hydrogen-bond donors (Lipinski definition) is 1. The minimum atomic E-state index is -0.589. The van der Waals surface area contributed by atoms with Gasteiger partial charge < -0.3 is 15.2 Å². The molecular formula is C11H13NO2. The van der Waals surface area contributed by atoms with E-state index in [0.29, 0.717) is 6.79 Å². The van der Waals surface area contributed by atoms with E-state index in [9.17, 15) is 0 Å². The second kappa shape index (κ2) is 2.79. The first-order valence-electron chi connectivity index (χ1n) is 4.92. The first kappa shape index (κ1) is 8.41. The number of aryl methyl sites for hydroxylation is 1. The zero-order valence-corrected chi connectivity index (χ0v) is 7.90. The molecule has 2 atom stereocenters. The lowest BCUT2D eigenvalue weighted by molar-refractivity contribution is -0.0143. The van der Waals surface area contributed by atoms with E-state index in [1.165, 1.54) is 11.1 Å². The molecule has 1 aliphatic heterocycles. The molecule has 1 aromatic rings. The summed E-state index contributed by atoms with van der Waals surface area (Å²) in [6.07, 6.45) is 1.74. The Balaban J connectivity index is 2.10. The average molecular weight is 191 g/mol. The fourth-order valence-electron chi connectivity index (χ4n) is 2.33. The topological polar surface area (TPSA) is 44.5 Å². The number of hydrogen-bond acceptors (Lipinski definition) is 3. The summed E-state index contributed by atoms with van der Waals surface area (Å²) >= 11 is 0. The van der Waals surface area contributed by atoms with Crippen molar-refractivity contribution in [1.29, 1.82) is 0 Å². The fraction of sp³-hybridized carbons (Fsp3) is 0.455. The molecule has 0 aromatic heterocycles. The molecule has 0 saturated carbocycles. The lowest BCUT2D eigenvalue weighted by Gasteiger charge is -2.34. The third kappa shape index (κ3) is 1.03. The zero-order valence-electron chi connectivity index (χ0n) is 7.90. The average Bonchev–Trinajstić information content (AvgIpc) is 2.60. The molecule has 1 aliphatic carbocycles. The van der Waals surface area contributed by atoms with E-state index in [2.05, 4.69) is 18.2 Å². The Morgan fingerprint density at radius 2 is 2.21 bits per heavy atom. The van der Waals surface area contributed by atoms with Crippen LogP contribution in [0, 0.1) is 0 Å². The maximum Gasteiger partial charge on any atom is 0.150 e. The summed E-state index contributed by atoms with van der Waals surface area (Å²) in [5.74, 6) is 0. The minimum absolute atomic E-state index is 0.0764. The van der Waals surface area contributed by atoms with Gasteiger partial charge >= 0.3 is 0 Å². The maximum absolute atomic E-state index is 6.13. The van der Waals surface area contributed by atoms with Gasteiger partial charge in [-0.15, -0.1) is 0 Å². The predicted octanol–water partition coefficient (Wildman–Crippen LogP) is 1.33. The Bertz CT molecular complexity index is 366. The lowest BCUT2D eigenvalue weighted by atomic mass is 9.84. The zero-order chi connectivity index (χ0) is 9.60. The Morgan fingerprint density at radius 3 is 3.14 bits per heavy atom. The van der Waals surface area contributed by atoms with E-state index < -0.39 is 5.72 Å². The second-order valence-corrected chi connectivity index (χ2v) is 3.96. The van der Waals surface area contributed by atoms with E-state index in [0.717, 1.165) is 12.8 Å². The van der Waals surface area contributed by atoms with E-state index in [4.69, 9.17) is 15.2 Å². The summed E-state index contributed by atoms with van der Waals surface area (Å²) in [5.41, 5.74) is 8.07. The van der Waals surface area contributed by atoms with Gasteiger partial charge in [0.25, 0.3) is 0 Å². The highest BCUT2D eigenvalue weighted by molar-refractivity contribution is 5.34. The van der Waals surface area contributed by atoms with Gasteiger partial charge in [0.2, 0.25) is 0 Å². The van der Waals surface area contributed by atoms with Crippen LogP contribution in [0.4, 0.5) is 0 Å². The van der Waals surface area contributed by atoms with Crippen molar-refractivity contribution in [3.63, 3.8) is 0 Å². The van der Waals surface area contributed by atoms with Crippen LogP contribution in [-0.2, 0) is 15.9 Å². The highest BCUT2D eigenvalue weighted by Gasteiger charge is 2.46. The van der Waals surface area contributed by atoms with Gasteiger partial charge in [0.15, 0.2) is 5.72 Å². The Morgan fingerprint density at radius 1 is 1.36 bits per heavy atom. The van der Waals surface area contributed by atoms with Crippen molar-refractivity contribution in [2.75, 3.05) is 6.79 Å². The van der Waals surface area contributed by atoms with Gasteiger partial charge in [-0.05, 0) is 24.0 Å². The van der Waals surface area contributed by atoms with Gasteiger partial charge in [0.05, 0.1) is 0 Å². The Labute approximate surface area is 82.8 Å². The van der Waals surface area contributed by atoms with Crippen LogP contribution in [0.15, 0.2) is 24.3 Å². The quantitative estimate of drug-likeness (QED) is 0.673. The Hall–Kier alpha value is -0.900. The first-order valence-corrected chi connectivity index (χ1v) is 4.92. The normalized spacial score (nSPS) is 35.1. The van der Waals surface area contributed by atoms with Gasteiger partial charge in [-0.3, -0.25) is 0 Å². The molecule has 3 rings (SSSR count). The van der Waals surface area contributed by atoms with Crippen LogP contribution in [0.2, 0.25) is 0 Å². The summed E-state index contributed by atoms with van der Waals surface area (Å²) in [4.78, 5) is 0. The van der Waals surface area contributed by atoms with Crippen LogP contribution < -0.4 is 5.73 Å².